The number of nitrogens with one attached hydrogen (secondary N) is 2. The molecular formula is C21H24F2N2O4. The standard InChI is InChI=1S/C21H24F2N2O4/c1-4-28-16-9-5-14(6-10-16)19(26)25-18(13(2)3)20(27)24-15-7-11-17(12-8-15)29-21(22)23/h5-13,18,21H,4H2,1-3H3,(H,24,27)(H,25,26). The molecule has 2 rings (SSSR count). The van der Waals surface area contributed by atoms with Crippen molar-refractivity contribution in [2.45, 2.75) is 33.4 Å². The number of benzene rings is 2. The maximum atomic E-state index is 12.6. The zero-order chi connectivity index (χ0) is 21.4. The maximum Gasteiger partial charge on any atom is 0.387 e. The predicted molar refractivity (Wildman–Crippen MR) is 105 cm³/mol. The van der Waals surface area contributed by atoms with E-state index < -0.39 is 18.6 Å². The number of anilines is 1. The first-order valence-electron chi connectivity index (χ1n) is 9.19. The quantitative estimate of drug-likeness (QED) is 0.658. The van der Waals surface area contributed by atoms with Gasteiger partial charge >= 0.3 is 6.61 Å². The van der Waals surface area contributed by atoms with Gasteiger partial charge in [0, 0.05) is 11.3 Å². The van der Waals surface area contributed by atoms with Crippen LogP contribution in [0, 0.1) is 5.92 Å². The number of carbonyl (C=O) groups excluding carboxylic acids is 2. The minimum absolute atomic E-state index is 0.0118. The Kier molecular flexibility index (Phi) is 7.94. The first-order chi connectivity index (χ1) is 13.8. The topological polar surface area (TPSA) is 76.7 Å². The molecule has 0 radical (unpaired) electrons. The van der Waals surface area contributed by atoms with E-state index in [0.717, 1.165) is 0 Å². The van der Waals surface area contributed by atoms with Gasteiger partial charge in [0.15, 0.2) is 0 Å². The molecule has 2 N–H and O–H groups in total. The number of rotatable bonds is 9. The van der Waals surface area contributed by atoms with E-state index in [-0.39, 0.29) is 17.6 Å². The molecule has 0 bridgehead atoms. The molecule has 0 aliphatic carbocycles. The Morgan fingerprint density at radius 1 is 0.966 bits per heavy atom. The van der Waals surface area contributed by atoms with Gasteiger partial charge in [-0.1, -0.05) is 13.8 Å². The summed E-state index contributed by atoms with van der Waals surface area (Å²) >= 11 is 0. The Balaban J connectivity index is 2.02. The number of hydrogen-bond acceptors (Lipinski definition) is 4. The van der Waals surface area contributed by atoms with Gasteiger partial charge in [0.25, 0.3) is 5.91 Å². The average molecular weight is 406 g/mol. The molecule has 2 aromatic rings. The van der Waals surface area contributed by atoms with Crippen molar-refractivity contribution in [3.63, 3.8) is 0 Å². The number of alkyl halides is 2. The van der Waals surface area contributed by atoms with Crippen molar-refractivity contribution in [2.75, 3.05) is 11.9 Å². The highest BCUT2D eigenvalue weighted by atomic mass is 19.3. The second-order valence-corrected chi connectivity index (χ2v) is 6.54. The molecule has 1 unspecified atom stereocenters. The molecule has 1 atom stereocenters. The molecule has 0 aliphatic rings. The Morgan fingerprint density at radius 3 is 2.07 bits per heavy atom. The highest BCUT2D eigenvalue weighted by Gasteiger charge is 2.25. The van der Waals surface area contributed by atoms with E-state index in [2.05, 4.69) is 15.4 Å². The Morgan fingerprint density at radius 2 is 1.55 bits per heavy atom. The van der Waals surface area contributed by atoms with Crippen LogP contribution in [0.4, 0.5) is 14.5 Å². The molecule has 0 saturated heterocycles. The van der Waals surface area contributed by atoms with Crippen LogP contribution >= 0.6 is 0 Å². The third-order valence-corrected chi connectivity index (χ3v) is 4.01. The van der Waals surface area contributed by atoms with Crippen molar-refractivity contribution in [2.24, 2.45) is 5.92 Å². The fraction of sp³-hybridized carbons (Fsp3) is 0.333. The molecule has 2 amide bonds. The van der Waals surface area contributed by atoms with Gasteiger partial charge in [-0.05, 0) is 61.4 Å². The van der Waals surface area contributed by atoms with Crippen LogP contribution in [0.15, 0.2) is 48.5 Å². The van der Waals surface area contributed by atoms with E-state index in [1.807, 2.05) is 20.8 Å². The summed E-state index contributed by atoms with van der Waals surface area (Å²) in [5.74, 6) is -0.337. The molecule has 6 nitrogen and oxygen atoms in total. The Bertz CT molecular complexity index is 808. The summed E-state index contributed by atoms with van der Waals surface area (Å²) in [5, 5.41) is 5.40. The summed E-state index contributed by atoms with van der Waals surface area (Å²) in [6.07, 6.45) is 0. The molecule has 0 aromatic heterocycles. The van der Waals surface area contributed by atoms with Gasteiger partial charge in [0.05, 0.1) is 6.61 Å². The average Bonchev–Trinajstić information content (AvgIpc) is 2.67. The van der Waals surface area contributed by atoms with Gasteiger partial charge in [-0.2, -0.15) is 8.78 Å². The highest BCUT2D eigenvalue weighted by Crippen LogP contribution is 2.19. The minimum atomic E-state index is -2.92. The lowest BCUT2D eigenvalue weighted by molar-refractivity contribution is -0.118. The smallest absolute Gasteiger partial charge is 0.387 e. The third-order valence-electron chi connectivity index (χ3n) is 4.01. The summed E-state index contributed by atoms with van der Waals surface area (Å²) in [6, 6.07) is 11.4. The van der Waals surface area contributed by atoms with Gasteiger partial charge in [-0.15, -0.1) is 0 Å². The zero-order valence-electron chi connectivity index (χ0n) is 16.4. The zero-order valence-corrected chi connectivity index (χ0v) is 16.4. The Labute approximate surface area is 168 Å². The monoisotopic (exact) mass is 406 g/mol. The van der Waals surface area contributed by atoms with Gasteiger partial charge in [-0.25, -0.2) is 0 Å². The summed E-state index contributed by atoms with van der Waals surface area (Å²) < 4.78 is 34.0. The summed E-state index contributed by atoms with van der Waals surface area (Å²) in [7, 11) is 0. The van der Waals surface area contributed by atoms with Gasteiger partial charge in [0.2, 0.25) is 5.91 Å². The van der Waals surface area contributed by atoms with Crippen LogP contribution in [0.3, 0.4) is 0 Å². The summed E-state index contributed by atoms with van der Waals surface area (Å²) in [4.78, 5) is 25.1. The summed E-state index contributed by atoms with van der Waals surface area (Å²) in [5.41, 5.74) is 0.804. The molecule has 29 heavy (non-hydrogen) atoms. The van der Waals surface area contributed by atoms with Crippen LogP contribution in [0.5, 0.6) is 11.5 Å². The van der Waals surface area contributed by atoms with E-state index >= 15 is 0 Å². The maximum absolute atomic E-state index is 12.6. The van der Waals surface area contributed by atoms with Crippen LogP contribution in [-0.4, -0.2) is 31.1 Å². The van der Waals surface area contributed by atoms with Crippen LogP contribution in [0.1, 0.15) is 31.1 Å². The van der Waals surface area contributed by atoms with Crippen LogP contribution in [-0.2, 0) is 4.79 Å². The number of halogens is 2. The largest absolute Gasteiger partial charge is 0.494 e. The van der Waals surface area contributed by atoms with Gasteiger partial charge in [-0.3, -0.25) is 9.59 Å². The molecule has 8 heteroatoms. The molecule has 156 valence electrons. The molecular weight excluding hydrogens is 382 g/mol. The number of hydrogen-bond donors (Lipinski definition) is 2. The first kappa shape index (κ1) is 22.1. The van der Waals surface area contributed by atoms with Crippen LogP contribution < -0.4 is 20.1 Å². The van der Waals surface area contributed by atoms with E-state index in [9.17, 15) is 18.4 Å². The fourth-order valence-corrected chi connectivity index (χ4v) is 2.57. The normalized spacial score (nSPS) is 11.8. The van der Waals surface area contributed by atoms with Crippen molar-refractivity contribution in [3.8, 4) is 11.5 Å². The molecule has 0 heterocycles. The van der Waals surface area contributed by atoms with Crippen molar-refractivity contribution < 1.29 is 27.8 Å². The second-order valence-electron chi connectivity index (χ2n) is 6.54. The first-order valence-corrected chi connectivity index (χ1v) is 9.19. The van der Waals surface area contributed by atoms with Crippen molar-refractivity contribution in [3.05, 3.63) is 54.1 Å². The predicted octanol–water partition coefficient (Wildman–Crippen LogP) is 4.08. The lowest BCUT2D eigenvalue weighted by atomic mass is 10.0. The molecule has 0 fully saturated rings. The lowest BCUT2D eigenvalue weighted by Gasteiger charge is -2.22. The summed E-state index contributed by atoms with van der Waals surface area (Å²) in [6.45, 7) is 3.09. The molecule has 0 saturated carbocycles. The molecule has 0 aliphatic heterocycles. The van der Waals surface area contributed by atoms with Crippen LogP contribution in [0.2, 0.25) is 0 Å². The lowest BCUT2D eigenvalue weighted by Crippen LogP contribution is -2.47. The number of amides is 2. The SMILES string of the molecule is CCOc1ccc(C(=O)NC(C(=O)Nc2ccc(OC(F)F)cc2)C(C)C)cc1. The molecule has 2 aromatic carbocycles. The van der Waals surface area contributed by atoms with Crippen molar-refractivity contribution in [1.29, 1.82) is 0 Å². The Hall–Kier alpha value is -3.16. The third kappa shape index (κ3) is 6.74. The van der Waals surface area contributed by atoms with E-state index in [4.69, 9.17) is 4.74 Å². The second kappa shape index (κ2) is 10.4. The minimum Gasteiger partial charge on any atom is -0.494 e. The highest BCUT2D eigenvalue weighted by molar-refractivity contribution is 6.01. The van der Waals surface area contributed by atoms with Crippen molar-refractivity contribution >= 4 is 17.5 Å². The van der Waals surface area contributed by atoms with E-state index in [1.54, 1.807) is 24.3 Å². The van der Waals surface area contributed by atoms with Crippen molar-refractivity contribution in [1.82, 2.24) is 5.32 Å². The fourth-order valence-electron chi connectivity index (χ4n) is 2.57. The molecule has 0 spiro atoms. The number of ether oxygens (including phenoxy) is 2. The van der Waals surface area contributed by atoms with Crippen LogP contribution in [0.25, 0.3) is 0 Å². The van der Waals surface area contributed by atoms with E-state index in [1.165, 1.54) is 24.3 Å². The van der Waals surface area contributed by atoms with E-state index in [0.29, 0.717) is 23.6 Å². The number of carbonyl (C=O) groups is 2. The van der Waals surface area contributed by atoms with Gasteiger partial charge in [0.1, 0.15) is 17.5 Å². The van der Waals surface area contributed by atoms with Gasteiger partial charge < -0.3 is 20.1 Å².